The fourth-order valence-electron chi connectivity index (χ4n) is 2.24. The van der Waals surface area contributed by atoms with E-state index < -0.39 is 34.8 Å². The van der Waals surface area contributed by atoms with Gasteiger partial charge in [-0.2, -0.15) is 13.2 Å². The third-order valence-electron chi connectivity index (χ3n) is 3.21. The van der Waals surface area contributed by atoms with Gasteiger partial charge in [0.2, 0.25) is 10.0 Å². The van der Waals surface area contributed by atoms with Crippen LogP contribution in [0.1, 0.15) is 29.6 Å². The molecule has 0 fully saturated rings. The lowest BCUT2D eigenvalue weighted by molar-refractivity contribution is -0.134. The smallest absolute Gasteiger partial charge is 0.294 e. The molecule has 116 valence electrons. The molecule has 0 radical (unpaired) electrons. The van der Waals surface area contributed by atoms with Gasteiger partial charge in [0.25, 0.3) is 0 Å². The van der Waals surface area contributed by atoms with Gasteiger partial charge in [0.05, 0.1) is 11.4 Å². The molecule has 1 aromatic carbocycles. The molecule has 0 aromatic heterocycles. The predicted molar refractivity (Wildman–Crippen MR) is 71.8 cm³/mol. The number of benzene rings is 1. The van der Waals surface area contributed by atoms with E-state index in [1.807, 2.05) is 0 Å². The largest absolute Gasteiger partial charge is 0.389 e. The molecule has 1 heterocycles. The van der Waals surface area contributed by atoms with E-state index in [9.17, 15) is 26.4 Å². The topological polar surface area (TPSA) is 54.5 Å². The molecule has 0 aliphatic carbocycles. The van der Waals surface area contributed by atoms with Crippen LogP contribution in [-0.2, 0) is 10.0 Å². The van der Waals surface area contributed by atoms with E-state index in [1.54, 1.807) is 12.1 Å². The van der Waals surface area contributed by atoms with Crippen LogP contribution >= 0.6 is 0 Å². The summed E-state index contributed by atoms with van der Waals surface area (Å²) in [6, 6.07) is 6.23. The third-order valence-corrected chi connectivity index (χ3v) is 5.07. The molecule has 1 aliphatic heterocycles. The first kappa shape index (κ1) is 15.8. The molecule has 1 aromatic rings. The quantitative estimate of drug-likeness (QED) is 0.857. The molecule has 0 bridgehead atoms. The standard InChI is InChI=1S/C13H14F3NO3S/c14-13(15,16)7-3-9-21(19,20)17-8-6-12(18)10-4-1-2-5-11(10)17/h1-2,4-5H,3,6-9H2. The van der Waals surface area contributed by atoms with Crippen molar-refractivity contribution in [3.05, 3.63) is 29.8 Å². The van der Waals surface area contributed by atoms with E-state index in [0.717, 1.165) is 4.31 Å². The van der Waals surface area contributed by atoms with E-state index in [1.165, 1.54) is 12.1 Å². The van der Waals surface area contributed by atoms with Crippen molar-refractivity contribution in [1.29, 1.82) is 0 Å². The first-order valence-corrected chi connectivity index (χ1v) is 8.01. The number of halogens is 3. The average Bonchev–Trinajstić information content (AvgIpc) is 2.37. The second-order valence-electron chi connectivity index (χ2n) is 4.80. The Kier molecular flexibility index (Phi) is 4.27. The fraction of sp³-hybridized carbons (Fsp3) is 0.462. The molecule has 0 unspecified atom stereocenters. The number of anilines is 1. The zero-order valence-corrected chi connectivity index (χ0v) is 11.9. The van der Waals surface area contributed by atoms with Crippen LogP contribution in [0.25, 0.3) is 0 Å². The summed E-state index contributed by atoms with van der Waals surface area (Å²) >= 11 is 0. The van der Waals surface area contributed by atoms with E-state index in [2.05, 4.69) is 0 Å². The molecule has 0 atom stereocenters. The molecule has 0 N–H and O–H groups in total. The normalized spacial score (nSPS) is 16.0. The molecule has 4 nitrogen and oxygen atoms in total. The van der Waals surface area contributed by atoms with Crippen LogP contribution in [0.2, 0.25) is 0 Å². The molecule has 0 saturated heterocycles. The summed E-state index contributed by atoms with van der Waals surface area (Å²) in [6.07, 6.45) is -5.96. The number of Topliss-reactive ketones (excluding diaryl/α,β-unsaturated/α-hetero) is 1. The summed E-state index contributed by atoms with van der Waals surface area (Å²) in [5.41, 5.74) is 0.545. The van der Waals surface area contributed by atoms with Crippen LogP contribution in [0.5, 0.6) is 0 Å². The van der Waals surface area contributed by atoms with Crippen molar-refractivity contribution in [2.24, 2.45) is 0 Å². The minimum atomic E-state index is -4.37. The second-order valence-corrected chi connectivity index (χ2v) is 6.81. The van der Waals surface area contributed by atoms with Crippen LogP contribution in [0.3, 0.4) is 0 Å². The number of para-hydroxylation sites is 1. The average molecular weight is 321 g/mol. The van der Waals surface area contributed by atoms with Gasteiger partial charge < -0.3 is 0 Å². The summed E-state index contributed by atoms with van der Waals surface area (Å²) in [5, 5.41) is 0. The summed E-state index contributed by atoms with van der Waals surface area (Å²) in [5.74, 6) is -0.748. The number of carbonyl (C=O) groups excluding carboxylic acids is 1. The summed E-state index contributed by atoms with van der Waals surface area (Å²) in [6.45, 7) is -0.0236. The Morgan fingerprint density at radius 2 is 1.86 bits per heavy atom. The van der Waals surface area contributed by atoms with Crippen LogP contribution in [-0.4, -0.2) is 32.7 Å². The van der Waals surface area contributed by atoms with Crippen LogP contribution in [0, 0.1) is 0 Å². The third kappa shape index (κ3) is 3.75. The number of sulfonamides is 1. The lowest BCUT2D eigenvalue weighted by atomic mass is 10.0. The van der Waals surface area contributed by atoms with Gasteiger partial charge in [-0.05, 0) is 18.6 Å². The van der Waals surface area contributed by atoms with Crippen LogP contribution < -0.4 is 4.31 Å². The SMILES string of the molecule is O=C1CCN(S(=O)(=O)CCCC(F)(F)F)c2ccccc21. The second kappa shape index (κ2) is 5.67. The van der Waals surface area contributed by atoms with E-state index in [0.29, 0.717) is 5.56 Å². The van der Waals surface area contributed by atoms with Gasteiger partial charge in [-0.25, -0.2) is 8.42 Å². The number of carbonyl (C=O) groups is 1. The van der Waals surface area contributed by atoms with E-state index >= 15 is 0 Å². The Hall–Kier alpha value is -1.57. The van der Waals surface area contributed by atoms with Crippen molar-refractivity contribution in [2.75, 3.05) is 16.6 Å². The molecule has 2 rings (SSSR count). The number of ketones is 1. The maximum atomic E-state index is 12.2. The van der Waals surface area contributed by atoms with Crippen molar-refractivity contribution < 1.29 is 26.4 Å². The van der Waals surface area contributed by atoms with Gasteiger partial charge in [-0.3, -0.25) is 9.10 Å². The predicted octanol–water partition coefficient (Wildman–Crippen LogP) is 2.75. The van der Waals surface area contributed by atoms with Crippen molar-refractivity contribution in [1.82, 2.24) is 0 Å². The number of hydrogen-bond donors (Lipinski definition) is 0. The molecule has 0 spiro atoms. The number of fused-ring (bicyclic) bond motifs is 1. The minimum absolute atomic E-state index is 0.0236. The van der Waals surface area contributed by atoms with Gasteiger partial charge in [0, 0.05) is 24.9 Å². The van der Waals surface area contributed by atoms with E-state index in [4.69, 9.17) is 0 Å². The molecule has 0 amide bonds. The van der Waals surface area contributed by atoms with Gasteiger partial charge in [-0.15, -0.1) is 0 Å². The molecular formula is C13H14F3NO3S. The summed E-state index contributed by atoms with van der Waals surface area (Å²) in [7, 11) is -3.86. The van der Waals surface area contributed by atoms with E-state index in [-0.39, 0.29) is 24.4 Å². The molecule has 1 aliphatic rings. The highest BCUT2D eigenvalue weighted by atomic mass is 32.2. The summed E-state index contributed by atoms with van der Waals surface area (Å²) < 4.78 is 61.7. The number of nitrogens with zero attached hydrogens (tertiary/aromatic N) is 1. The fourth-order valence-corrected chi connectivity index (χ4v) is 3.80. The highest BCUT2D eigenvalue weighted by molar-refractivity contribution is 7.92. The zero-order chi connectivity index (χ0) is 15.7. The number of rotatable bonds is 4. The molecule has 0 saturated carbocycles. The number of alkyl halides is 3. The first-order chi connectivity index (χ1) is 9.71. The Morgan fingerprint density at radius 3 is 2.52 bits per heavy atom. The monoisotopic (exact) mass is 321 g/mol. The van der Waals surface area contributed by atoms with Gasteiger partial charge in [0.1, 0.15) is 0 Å². The molecule has 21 heavy (non-hydrogen) atoms. The van der Waals surface area contributed by atoms with Crippen molar-refractivity contribution in [2.45, 2.75) is 25.4 Å². The molecule has 8 heteroatoms. The van der Waals surface area contributed by atoms with Crippen LogP contribution in [0.4, 0.5) is 18.9 Å². The lowest BCUT2D eigenvalue weighted by Crippen LogP contribution is -2.39. The Bertz CT molecular complexity index is 640. The molecular weight excluding hydrogens is 307 g/mol. The van der Waals surface area contributed by atoms with Gasteiger partial charge in [-0.1, -0.05) is 12.1 Å². The van der Waals surface area contributed by atoms with Gasteiger partial charge >= 0.3 is 6.18 Å². The van der Waals surface area contributed by atoms with Crippen molar-refractivity contribution in [3.8, 4) is 0 Å². The first-order valence-electron chi connectivity index (χ1n) is 6.40. The maximum Gasteiger partial charge on any atom is 0.389 e. The van der Waals surface area contributed by atoms with Crippen molar-refractivity contribution >= 4 is 21.5 Å². The zero-order valence-electron chi connectivity index (χ0n) is 11.1. The minimum Gasteiger partial charge on any atom is -0.294 e. The highest BCUT2D eigenvalue weighted by Gasteiger charge is 2.32. The Balaban J connectivity index is 2.18. The Labute approximate surface area is 120 Å². The summed E-state index contributed by atoms with van der Waals surface area (Å²) in [4.78, 5) is 11.7. The van der Waals surface area contributed by atoms with Crippen molar-refractivity contribution in [3.63, 3.8) is 0 Å². The lowest BCUT2D eigenvalue weighted by Gasteiger charge is -2.29. The number of hydrogen-bond acceptors (Lipinski definition) is 3. The maximum absolute atomic E-state index is 12.2. The Morgan fingerprint density at radius 1 is 1.19 bits per heavy atom. The highest BCUT2D eigenvalue weighted by Crippen LogP contribution is 2.30. The van der Waals surface area contributed by atoms with Crippen LogP contribution in [0.15, 0.2) is 24.3 Å². The van der Waals surface area contributed by atoms with Gasteiger partial charge in [0.15, 0.2) is 5.78 Å².